The number of hydrogen-bond acceptors (Lipinski definition) is 4. The van der Waals surface area contributed by atoms with Crippen LogP contribution in [-0.2, 0) is 14.3 Å². The Morgan fingerprint density at radius 2 is 1.73 bits per heavy atom. The van der Waals surface area contributed by atoms with Crippen molar-refractivity contribution in [1.29, 1.82) is 0 Å². The number of carbonyl (C=O) groups excluding carboxylic acids is 1. The molecule has 1 saturated heterocycles. The van der Waals surface area contributed by atoms with E-state index in [2.05, 4.69) is 0 Å². The second kappa shape index (κ2) is 3.73. The van der Waals surface area contributed by atoms with Crippen molar-refractivity contribution < 1.29 is 14.3 Å². The summed E-state index contributed by atoms with van der Waals surface area (Å²) in [6, 6.07) is 0. The van der Waals surface area contributed by atoms with Gasteiger partial charge in [-0.25, -0.2) is 0 Å². The van der Waals surface area contributed by atoms with E-state index < -0.39 is 5.54 Å². The lowest BCUT2D eigenvalue weighted by molar-refractivity contribution is -0.133. The summed E-state index contributed by atoms with van der Waals surface area (Å²) in [6.07, 6.45) is 1.55. The van der Waals surface area contributed by atoms with E-state index in [9.17, 15) is 4.79 Å². The largest absolute Gasteiger partial charge is 0.377 e. The van der Waals surface area contributed by atoms with Crippen LogP contribution in [0.4, 0.5) is 0 Å². The zero-order chi connectivity index (χ0) is 11.1. The average Bonchev–Trinajstić information content (AvgIpc) is 2.85. The van der Waals surface area contributed by atoms with E-state index in [1.165, 1.54) is 0 Å². The fourth-order valence-electron chi connectivity index (χ4n) is 2.03. The molecule has 0 bridgehead atoms. The van der Waals surface area contributed by atoms with Crippen LogP contribution < -0.4 is 5.73 Å². The second-order valence-electron chi connectivity index (χ2n) is 4.41. The van der Waals surface area contributed by atoms with Crippen molar-refractivity contribution in [1.82, 2.24) is 4.90 Å². The molecule has 1 heterocycles. The van der Waals surface area contributed by atoms with Crippen LogP contribution in [0.5, 0.6) is 0 Å². The lowest BCUT2D eigenvalue weighted by Gasteiger charge is -2.19. The smallest absolute Gasteiger partial charge is 0.242 e. The van der Waals surface area contributed by atoms with Crippen molar-refractivity contribution in [3.05, 3.63) is 0 Å². The predicted molar refractivity (Wildman–Crippen MR) is 54.3 cm³/mol. The number of nitrogens with two attached hydrogens (primary N) is 1. The number of rotatable bonds is 3. The van der Waals surface area contributed by atoms with Gasteiger partial charge in [-0.15, -0.1) is 0 Å². The minimum atomic E-state index is -0.582. The quantitative estimate of drug-likeness (QED) is 0.678. The van der Waals surface area contributed by atoms with Crippen LogP contribution in [0.1, 0.15) is 12.8 Å². The van der Waals surface area contributed by atoms with Crippen molar-refractivity contribution in [3.63, 3.8) is 0 Å². The molecule has 1 saturated carbocycles. The summed E-state index contributed by atoms with van der Waals surface area (Å²) in [7, 11) is 3.28. The van der Waals surface area contributed by atoms with Crippen LogP contribution in [0.2, 0.25) is 0 Å². The number of ether oxygens (including phenoxy) is 2. The highest BCUT2D eigenvalue weighted by molar-refractivity contribution is 5.89. The molecule has 2 atom stereocenters. The molecule has 1 amide bonds. The molecule has 1 aliphatic heterocycles. The van der Waals surface area contributed by atoms with Crippen LogP contribution in [0.15, 0.2) is 0 Å². The first-order valence-electron chi connectivity index (χ1n) is 5.24. The lowest BCUT2D eigenvalue weighted by atomic mass is 10.2. The Hall–Kier alpha value is -0.650. The Morgan fingerprint density at radius 3 is 2.07 bits per heavy atom. The van der Waals surface area contributed by atoms with Crippen LogP contribution in [-0.4, -0.2) is 55.9 Å². The van der Waals surface area contributed by atoms with Gasteiger partial charge in [0.05, 0.1) is 5.54 Å². The molecule has 5 heteroatoms. The molecular formula is C10H18N2O3. The summed E-state index contributed by atoms with van der Waals surface area (Å²) >= 11 is 0. The molecule has 86 valence electrons. The van der Waals surface area contributed by atoms with E-state index in [0.29, 0.717) is 13.1 Å². The molecule has 1 aliphatic carbocycles. The molecule has 2 unspecified atom stereocenters. The van der Waals surface area contributed by atoms with Gasteiger partial charge in [0.25, 0.3) is 0 Å². The van der Waals surface area contributed by atoms with E-state index in [4.69, 9.17) is 15.2 Å². The summed E-state index contributed by atoms with van der Waals surface area (Å²) in [5.74, 6) is 0.0455. The molecular weight excluding hydrogens is 196 g/mol. The highest BCUT2D eigenvalue weighted by Gasteiger charge is 2.50. The third-order valence-electron chi connectivity index (χ3n) is 3.32. The number of likely N-dealkylation sites (tertiary alicyclic amines) is 1. The summed E-state index contributed by atoms with van der Waals surface area (Å²) < 4.78 is 10.5. The maximum absolute atomic E-state index is 11.9. The van der Waals surface area contributed by atoms with Crippen molar-refractivity contribution in [2.24, 2.45) is 5.73 Å². The van der Waals surface area contributed by atoms with E-state index in [0.717, 1.165) is 12.8 Å². The highest BCUT2D eigenvalue weighted by atomic mass is 16.5. The van der Waals surface area contributed by atoms with Gasteiger partial charge in [0.2, 0.25) is 5.91 Å². The molecule has 0 aromatic rings. The first-order valence-corrected chi connectivity index (χ1v) is 5.24. The number of nitrogens with zero attached hydrogens (tertiary/aromatic N) is 1. The lowest BCUT2D eigenvalue weighted by Crippen LogP contribution is -2.45. The van der Waals surface area contributed by atoms with Crippen LogP contribution >= 0.6 is 0 Å². The van der Waals surface area contributed by atoms with Crippen LogP contribution in [0.25, 0.3) is 0 Å². The summed E-state index contributed by atoms with van der Waals surface area (Å²) in [4.78, 5) is 13.7. The van der Waals surface area contributed by atoms with Gasteiger partial charge in [-0.05, 0) is 12.8 Å². The zero-order valence-corrected chi connectivity index (χ0v) is 9.23. The summed E-state index contributed by atoms with van der Waals surface area (Å²) in [5.41, 5.74) is 5.29. The van der Waals surface area contributed by atoms with Gasteiger partial charge in [0.1, 0.15) is 12.2 Å². The van der Waals surface area contributed by atoms with Gasteiger partial charge in [0, 0.05) is 27.3 Å². The maximum Gasteiger partial charge on any atom is 0.242 e. The Morgan fingerprint density at radius 1 is 1.27 bits per heavy atom. The van der Waals surface area contributed by atoms with E-state index >= 15 is 0 Å². The van der Waals surface area contributed by atoms with Crippen molar-refractivity contribution in [2.75, 3.05) is 27.3 Å². The minimum Gasteiger partial charge on any atom is -0.377 e. The zero-order valence-electron chi connectivity index (χ0n) is 9.23. The maximum atomic E-state index is 11.9. The molecule has 0 spiro atoms. The van der Waals surface area contributed by atoms with Gasteiger partial charge in [-0.2, -0.15) is 0 Å². The fourth-order valence-corrected chi connectivity index (χ4v) is 2.03. The fraction of sp³-hybridized carbons (Fsp3) is 0.900. The topological polar surface area (TPSA) is 64.8 Å². The van der Waals surface area contributed by atoms with Gasteiger partial charge in [-0.1, -0.05) is 0 Å². The first-order chi connectivity index (χ1) is 7.10. The third-order valence-corrected chi connectivity index (χ3v) is 3.32. The third kappa shape index (κ3) is 1.87. The van der Waals surface area contributed by atoms with Gasteiger partial charge in [0.15, 0.2) is 0 Å². The molecule has 15 heavy (non-hydrogen) atoms. The molecule has 0 radical (unpaired) electrons. The molecule has 2 N–H and O–H groups in total. The highest BCUT2D eigenvalue weighted by Crippen LogP contribution is 2.35. The van der Waals surface area contributed by atoms with Crippen molar-refractivity contribution in [2.45, 2.75) is 30.6 Å². The molecule has 2 aliphatic rings. The van der Waals surface area contributed by atoms with E-state index in [1.807, 2.05) is 0 Å². The molecule has 0 aromatic carbocycles. The van der Waals surface area contributed by atoms with Gasteiger partial charge >= 0.3 is 0 Å². The first kappa shape index (κ1) is 10.9. The Balaban J connectivity index is 1.98. The minimum absolute atomic E-state index is 0.0266. The number of carbonyl (C=O) groups is 1. The second-order valence-corrected chi connectivity index (χ2v) is 4.41. The normalized spacial score (nSPS) is 33.1. The Kier molecular flexibility index (Phi) is 2.70. The van der Waals surface area contributed by atoms with Crippen LogP contribution in [0.3, 0.4) is 0 Å². The summed E-state index contributed by atoms with van der Waals surface area (Å²) in [6.45, 7) is 1.18. The molecule has 2 rings (SSSR count). The van der Waals surface area contributed by atoms with Gasteiger partial charge < -0.3 is 20.1 Å². The van der Waals surface area contributed by atoms with Crippen LogP contribution in [0, 0.1) is 0 Å². The number of amides is 1. The molecule has 2 fully saturated rings. The van der Waals surface area contributed by atoms with Gasteiger partial charge in [-0.3, -0.25) is 4.79 Å². The van der Waals surface area contributed by atoms with E-state index in [1.54, 1.807) is 19.1 Å². The SMILES string of the molecule is COC1CN(C(=O)C2(N)CC2)CC1OC. The number of hydrogen-bond donors (Lipinski definition) is 1. The molecule has 0 aromatic heterocycles. The standard InChI is InChI=1S/C10H18N2O3/c1-14-7-5-12(6-8(7)15-2)9(13)10(11)3-4-10/h7-8H,3-6,11H2,1-2H3. The van der Waals surface area contributed by atoms with Crippen molar-refractivity contribution in [3.8, 4) is 0 Å². The Bertz CT molecular complexity index is 253. The summed E-state index contributed by atoms with van der Waals surface area (Å²) in [5, 5.41) is 0. The molecule has 5 nitrogen and oxygen atoms in total. The Labute approximate surface area is 89.5 Å². The van der Waals surface area contributed by atoms with Crippen molar-refractivity contribution >= 4 is 5.91 Å². The predicted octanol–water partition coefficient (Wildman–Crippen LogP) is -0.650. The monoisotopic (exact) mass is 214 g/mol. The number of methoxy groups -OCH3 is 2. The van der Waals surface area contributed by atoms with E-state index in [-0.39, 0.29) is 18.1 Å². The average molecular weight is 214 g/mol.